The molecule has 0 spiro atoms. The van der Waals surface area contributed by atoms with E-state index in [-0.39, 0.29) is 12.7 Å². The molecule has 1 fully saturated rings. The van der Waals surface area contributed by atoms with Gasteiger partial charge in [-0.1, -0.05) is 6.07 Å². The van der Waals surface area contributed by atoms with Crippen molar-refractivity contribution in [1.82, 2.24) is 30.0 Å². The van der Waals surface area contributed by atoms with Gasteiger partial charge in [-0.2, -0.15) is 5.10 Å². The summed E-state index contributed by atoms with van der Waals surface area (Å²) in [6.07, 6.45) is 4.69. The highest BCUT2D eigenvalue weighted by atomic mass is 16.5. The number of aromatic amines is 1. The fourth-order valence-electron chi connectivity index (χ4n) is 3.49. The fourth-order valence-corrected chi connectivity index (χ4v) is 3.49. The summed E-state index contributed by atoms with van der Waals surface area (Å²) in [4.78, 5) is 26.4. The number of morpholine rings is 1. The highest BCUT2D eigenvalue weighted by Crippen LogP contribution is 2.28. The molecule has 0 unspecified atom stereocenters. The van der Waals surface area contributed by atoms with Crippen molar-refractivity contribution in [3.63, 3.8) is 0 Å². The number of hydrogen-bond acceptors (Lipinski definition) is 7. The van der Waals surface area contributed by atoms with Gasteiger partial charge in [0.1, 0.15) is 12.7 Å². The van der Waals surface area contributed by atoms with Crippen LogP contribution in [0.25, 0.3) is 33.2 Å². The summed E-state index contributed by atoms with van der Waals surface area (Å²) in [5.74, 6) is 0.364. The Morgan fingerprint density at radius 2 is 2.20 bits per heavy atom. The fraction of sp³-hybridized carbons (Fsp3) is 0.250. The van der Waals surface area contributed by atoms with Crippen molar-refractivity contribution < 1.29 is 14.3 Å². The molecule has 4 aromatic rings. The molecule has 2 amide bonds. The monoisotopic (exact) mass is 405 g/mol. The number of nitrogens with zero attached hydrogens (tertiary/aromatic N) is 5. The van der Waals surface area contributed by atoms with Gasteiger partial charge in [-0.05, 0) is 18.2 Å². The van der Waals surface area contributed by atoms with Crippen LogP contribution < -0.4 is 10.5 Å². The minimum atomic E-state index is -0.464. The van der Waals surface area contributed by atoms with E-state index >= 15 is 0 Å². The van der Waals surface area contributed by atoms with E-state index in [0.717, 1.165) is 16.5 Å². The van der Waals surface area contributed by atoms with Gasteiger partial charge in [0.15, 0.2) is 5.52 Å². The molecule has 3 aromatic heterocycles. The van der Waals surface area contributed by atoms with Crippen LogP contribution in [0.5, 0.6) is 5.88 Å². The number of nitrogens with one attached hydrogen (secondary N) is 1. The van der Waals surface area contributed by atoms with Crippen LogP contribution in [0, 0.1) is 0 Å². The Hall–Kier alpha value is -3.79. The van der Waals surface area contributed by atoms with Gasteiger partial charge in [-0.25, -0.2) is 14.8 Å². The molecule has 0 bridgehead atoms. The molecule has 1 saturated heterocycles. The van der Waals surface area contributed by atoms with Crippen molar-refractivity contribution in [2.45, 2.75) is 6.10 Å². The highest BCUT2D eigenvalue weighted by molar-refractivity contribution is 5.87. The summed E-state index contributed by atoms with van der Waals surface area (Å²) < 4.78 is 11.7. The molecule has 4 heterocycles. The third-order valence-corrected chi connectivity index (χ3v) is 5.02. The lowest BCUT2D eigenvalue weighted by Crippen LogP contribution is -2.49. The summed E-state index contributed by atoms with van der Waals surface area (Å²) in [5.41, 5.74) is 9.19. The van der Waals surface area contributed by atoms with Crippen LogP contribution in [0.3, 0.4) is 0 Å². The number of H-pyrrole nitrogens is 1. The first-order valence-electron chi connectivity index (χ1n) is 9.51. The molecule has 30 heavy (non-hydrogen) atoms. The number of benzene rings is 1. The number of carbonyl (C=O) groups excluding carboxylic acids is 1. The van der Waals surface area contributed by atoms with E-state index < -0.39 is 6.03 Å². The largest absolute Gasteiger partial charge is 0.473 e. The van der Waals surface area contributed by atoms with Crippen LogP contribution in [0.1, 0.15) is 0 Å². The van der Waals surface area contributed by atoms with Gasteiger partial charge in [-0.3, -0.25) is 10.1 Å². The van der Waals surface area contributed by atoms with Crippen molar-refractivity contribution in [3.8, 4) is 17.1 Å². The SMILES string of the molecule is NC(=O)N1CCO[C@H](COc2nc(-c3ccc4[nH]ncc4c3)cc3nccnc23)C1. The summed E-state index contributed by atoms with van der Waals surface area (Å²) in [5, 5.41) is 7.98. The lowest BCUT2D eigenvalue weighted by atomic mass is 10.1. The number of hydrogen-bond donors (Lipinski definition) is 2. The van der Waals surface area contributed by atoms with Gasteiger partial charge in [0.05, 0.1) is 36.1 Å². The number of fused-ring (bicyclic) bond motifs is 2. The molecule has 10 nitrogen and oxygen atoms in total. The maximum Gasteiger partial charge on any atom is 0.314 e. The second-order valence-corrected chi connectivity index (χ2v) is 7.00. The Balaban J connectivity index is 1.45. The van der Waals surface area contributed by atoms with Crippen molar-refractivity contribution >= 4 is 28.0 Å². The second kappa shape index (κ2) is 7.56. The summed E-state index contributed by atoms with van der Waals surface area (Å²) in [6.45, 7) is 1.47. The Morgan fingerprint density at radius 3 is 3.10 bits per heavy atom. The zero-order chi connectivity index (χ0) is 20.5. The van der Waals surface area contributed by atoms with Crippen LogP contribution in [0.4, 0.5) is 4.79 Å². The number of aromatic nitrogens is 5. The Kier molecular flexibility index (Phi) is 4.60. The number of carbonyl (C=O) groups is 1. The molecule has 1 aliphatic rings. The topological polar surface area (TPSA) is 132 Å². The maximum absolute atomic E-state index is 11.4. The zero-order valence-electron chi connectivity index (χ0n) is 16.0. The summed E-state index contributed by atoms with van der Waals surface area (Å²) in [6, 6.07) is 7.33. The van der Waals surface area contributed by atoms with Gasteiger partial charge in [-0.15, -0.1) is 0 Å². The third-order valence-electron chi connectivity index (χ3n) is 5.02. The van der Waals surface area contributed by atoms with Crippen molar-refractivity contribution in [2.24, 2.45) is 5.73 Å². The molecule has 5 rings (SSSR count). The number of amides is 2. The molecule has 0 radical (unpaired) electrons. The number of pyridine rings is 1. The summed E-state index contributed by atoms with van der Waals surface area (Å²) in [7, 11) is 0. The van der Waals surface area contributed by atoms with Crippen molar-refractivity contribution in [2.75, 3.05) is 26.3 Å². The van der Waals surface area contributed by atoms with Gasteiger partial charge < -0.3 is 20.1 Å². The number of nitrogens with two attached hydrogens (primary N) is 1. The van der Waals surface area contributed by atoms with E-state index in [1.807, 2.05) is 24.3 Å². The number of ether oxygens (including phenoxy) is 2. The lowest BCUT2D eigenvalue weighted by Gasteiger charge is -2.31. The number of urea groups is 1. The zero-order valence-corrected chi connectivity index (χ0v) is 16.0. The Labute approximate surface area is 171 Å². The van der Waals surface area contributed by atoms with E-state index in [1.165, 1.54) is 0 Å². The molecule has 10 heteroatoms. The highest BCUT2D eigenvalue weighted by Gasteiger charge is 2.24. The van der Waals surface area contributed by atoms with Gasteiger partial charge in [0, 0.05) is 29.9 Å². The number of rotatable bonds is 4. The smallest absolute Gasteiger partial charge is 0.314 e. The minimum absolute atomic E-state index is 0.215. The average Bonchev–Trinajstić information content (AvgIpc) is 3.25. The molecule has 1 aromatic carbocycles. The van der Waals surface area contributed by atoms with Crippen LogP contribution in [-0.4, -0.2) is 68.5 Å². The standard InChI is InChI=1S/C20H19N7O3/c21-20(28)27-5-6-29-14(10-27)11-30-19-18-17(22-3-4-23-18)8-16(25-19)12-1-2-15-13(7-12)9-24-26-15/h1-4,7-9,14H,5-6,10-11H2,(H2,21,28)(H,24,26)/t14-/m0/s1. The van der Waals surface area contributed by atoms with Crippen molar-refractivity contribution in [3.05, 3.63) is 42.9 Å². The first kappa shape index (κ1) is 18.3. The molecule has 0 aliphatic carbocycles. The van der Waals surface area contributed by atoms with E-state index in [2.05, 4.69) is 25.1 Å². The van der Waals surface area contributed by atoms with Gasteiger partial charge >= 0.3 is 6.03 Å². The predicted octanol–water partition coefficient (Wildman–Crippen LogP) is 1.73. The quantitative estimate of drug-likeness (QED) is 0.528. The lowest BCUT2D eigenvalue weighted by molar-refractivity contribution is -0.0346. The molecule has 1 aliphatic heterocycles. The summed E-state index contributed by atoms with van der Waals surface area (Å²) >= 11 is 0. The molecule has 1 atom stereocenters. The molecule has 0 saturated carbocycles. The first-order valence-corrected chi connectivity index (χ1v) is 9.51. The van der Waals surface area contributed by atoms with Crippen LogP contribution >= 0.6 is 0 Å². The van der Waals surface area contributed by atoms with E-state index in [4.69, 9.17) is 15.2 Å². The molecule has 3 N–H and O–H groups in total. The maximum atomic E-state index is 11.4. The second-order valence-electron chi connectivity index (χ2n) is 7.00. The Bertz CT molecular complexity index is 1230. The third kappa shape index (κ3) is 3.48. The first-order chi connectivity index (χ1) is 14.7. The van der Waals surface area contributed by atoms with Gasteiger partial charge in [0.25, 0.3) is 0 Å². The average molecular weight is 405 g/mol. The minimum Gasteiger partial charge on any atom is -0.473 e. The predicted molar refractivity (Wildman–Crippen MR) is 109 cm³/mol. The van der Waals surface area contributed by atoms with E-state index in [1.54, 1.807) is 23.5 Å². The van der Waals surface area contributed by atoms with Crippen molar-refractivity contribution in [1.29, 1.82) is 0 Å². The Morgan fingerprint density at radius 1 is 1.30 bits per heavy atom. The molecular formula is C20H19N7O3. The van der Waals surface area contributed by atoms with Crippen LogP contribution in [0.15, 0.2) is 42.9 Å². The van der Waals surface area contributed by atoms with E-state index in [0.29, 0.717) is 42.3 Å². The normalized spacial score (nSPS) is 16.8. The van der Waals surface area contributed by atoms with Crippen LogP contribution in [0.2, 0.25) is 0 Å². The van der Waals surface area contributed by atoms with Gasteiger partial charge in [0.2, 0.25) is 5.88 Å². The molecular weight excluding hydrogens is 386 g/mol. The van der Waals surface area contributed by atoms with Crippen LogP contribution in [-0.2, 0) is 4.74 Å². The number of primary amides is 1. The molecule has 152 valence electrons. The van der Waals surface area contributed by atoms with E-state index in [9.17, 15) is 4.79 Å².